The lowest BCUT2D eigenvalue weighted by atomic mass is 10.2. The highest BCUT2D eigenvalue weighted by Gasteiger charge is 2.11. The van der Waals surface area contributed by atoms with E-state index in [1.54, 1.807) is 16.9 Å². The Morgan fingerprint density at radius 1 is 1.39 bits per heavy atom. The minimum absolute atomic E-state index is 0.162. The molecule has 0 aliphatic rings. The van der Waals surface area contributed by atoms with Crippen LogP contribution in [-0.4, -0.2) is 15.7 Å². The van der Waals surface area contributed by atoms with Crippen LogP contribution in [0.2, 0.25) is 0 Å². The summed E-state index contributed by atoms with van der Waals surface area (Å²) in [6.07, 6.45) is 4.20. The Bertz CT molecular complexity index is 545. The molecule has 0 aromatic carbocycles. The van der Waals surface area contributed by atoms with Crippen LogP contribution in [0.3, 0.4) is 0 Å². The molecule has 2 aromatic heterocycles. The first kappa shape index (κ1) is 12.1. The molecule has 0 aliphatic carbocycles. The highest BCUT2D eigenvalue weighted by atomic mass is 16.5. The van der Waals surface area contributed by atoms with Crippen molar-refractivity contribution in [2.24, 2.45) is 0 Å². The van der Waals surface area contributed by atoms with Crippen molar-refractivity contribution in [3.63, 3.8) is 0 Å². The van der Waals surface area contributed by atoms with Gasteiger partial charge in [-0.2, -0.15) is 9.83 Å². The van der Waals surface area contributed by atoms with Gasteiger partial charge >= 0.3 is 0 Å². The van der Waals surface area contributed by atoms with Crippen LogP contribution >= 0.6 is 0 Å². The van der Waals surface area contributed by atoms with E-state index in [0.717, 1.165) is 0 Å². The molecule has 0 bridgehead atoms. The molecule has 6 heteroatoms. The number of pyridine rings is 1. The standard InChI is InChI=1S/C12H14N4O2/c1-9(2)16-11(3-6-13-16)14-12(17)10-4-7-15(18)8-5-10/h3-9H,1-2H3,(H,14,17). The van der Waals surface area contributed by atoms with E-state index in [4.69, 9.17) is 0 Å². The Labute approximate surface area is 104 Å². The lowest BCUT2D eigenvalue weighted by Crippen LogP contribution is -2.25. The van der Waals surface area contributed by atoms with E-state index < -0.39 is 0 Å². The molecular formula is C12H14N4O2. The summed E-state index contributed by atoms with van der Waals surface area (Å²) in [4.78, 5) is 11.9. The van der Waals surface area contributed by atoms with E-state index in [9.17, 15) is 10.0 Å². The van der Waals surface area contributed by atoms with E-state index in [1.165, 1.54) is 24.5 Å². The SMILES string of the molecule is CC(C)n1nccc1NC(=O)c1cc[n+]([O-])cc1. The maximum atomic E-state index is 11.9. The summed E-state index contributed by atoms with van der Waals surface area (Å²) in [6.45, 7) is 3.96. The summed E-state index contributed by atoms with van der Waals surface area (Å²) in [7, 11) is 0. The second-order valence-corrected chi connectivity index (χ2v) is 4.16. The van der Waals surface area contributed by atoms with Crippen molar-refractivity contribution in [3.8, 4) is 0 Å². The molecule has 0 saturated heterocycles. The predicted molar refractivity (Wildman–Crippen MR) is 66.0 cm³/mol. The second kappa shape index (κ2) is 4.87. The van der Waals surface area contributed by atoms with Gasteiger partial charge in [-0.1, -0.05) is 0 Å². The van der Waals surface area contributed by atoms with Crippen LogP contribution in [0.4, 0.5) is 5.82 Å². The van der Waals surface area contributed by atoms with Gasteiger partial charge in [0.15, 0.2) is 12.4 Å². The summed E-state index contributed by atoms with van der Waals surface area (Å²) in [5.41, 5.74) is 0.429. The lowest BCUT2D eigenvalue weighted by molar-refractivity contribution is -0.605. The number of carbonyl (C=O) groups is 1. The number of anilines is 1. The van der Waals surface area contributed by atoms with Crippen molar-refractivity contribution in [2.45, 2.75) is 19.9 Å². The average molecular weight is 246 g/mol. The van der Waals surface area contributed by atoms with Crippen molar-refractivity contribution in [1.29, 1.82) is 0 Å². The zero-order valence-corrected chi connectivity index (χ0v) is 10.2. The van der Waals surface area contributed by atoms with E-state index in [2.05, 4.69) is 10.4 Å². The first-order valence-electron chi connectivity index (χ1n) is 5.61. The van der Waals surface area contributed by atoms with Crippen molar-refractivity contribution in [2.75, 3.05) is 5.32 Å². The zero-order valence-electron chi connectivity index (χ0n) is 10.2. The molecule has 2 rings (SSSR count). The van der Waals surface area contributed by atoms with Crippen molar-refractivity contribution in [3.05, 3.63) is 47.6 Å². The van der Waals surface area contributed by atoms with Crippen LogP contribution in [0.1, 0.15) is 30.2 Å². The number of rotatable bonds is 3. The minimum Gasteiger partial charge on any atom is -0.619 e. The third-order valence-electron chi connectivity index (χ3n) is 2.47. The largest absolute Gasteiger partial charge is 0.619 e. The van der Waals surface area contributed by atoms with Gasteiger partial charge in [0.1, 0.15) is 5.82 Å². The molecule has 6 nitrogen and oxygen atoms in total. The van der Waals surface area contributed by atoms with Gasteiger partial charge in [-0.3, -0.25) is 4.79 Å². The molecule has 0 unspecified atom stereocenters. The molecule has 1 amide bonds. The summed E-state index contributed by atoms with van der Waals surface area (Å²) < 4.78 is 2.35. The summed E-state index contributed by atoms with van der Waals surface area (Å²) >= 11 is 0. The van der Waals surface area contributed by atoms with Gasteiger partial charge < -0.3 is 10.5 Å². The van der Waals surface area contributed by atoms with Gasteiger partial charge in [0.25, 0.3) is 5.91 Å². The number of carbonyl (C=O) groups excluding carboxylic acids is 1. The fraction of sp³-hybridized carbons (Fsp3) is 0.250. The molecule has 94 valence electrons. The topological polar surface area (TPSA) is 73.9 Å². The third-order valence-corrected chi connectivity index (χ3v) is 2.47. The molecule has 0 saturated carbocycles. The Kier molecular flexibility index (Phi) is 3.27. The number of nitrogens with one attached hydrogen (secondary N) is 1. The molecule has 2 heterocycles. The lowest BCUT2D eigenvalue weighted by Gasteiger charge is -2.11. The molecule has 18 heavy (non-hydrogen) atoms. The third kappa shape index (κ3) is 2.48. The zero-order chi connectivity index (χ0) is 13.1. The molecule has 0 spiro atoms. The highest BCUT2D eigenvalue weighted by Crippen LogP contribution is 2.13. The van der Waals surface area contributed by atoms with Crippen LogP contribution in [0.5, 0.6) is 0 Å². The van der Waals surface area contributed by atoms with Crippen LogP contribution in [0.25, 0.3) is 0 Å². The fourth-order valence-electron chi connectivity index (χ4n) is 1.58. The summed E-state index contributed by atoms with van der Waals surface area (Å²) in [6, 6.07) is 4.83. The van der Waals surface area contributed by atoms with Gasteiger partial charge in [-0.05, 0) is 13.8 Å². The Hall–Kier alpha value is -2.37. The Morgan fingerprint density at radius 2 is 2.06 bits per heavy atom. The first-order chi connectivity index (χ1) is 8.58. The van der Waals surface area contributed by atoms with Crippen LogP contribution in [0.15, 0.2) is 36.8 Å². The van der Waals surface area contributed by atoms with Crippen molar-refractivity contribution in [1.82, 2.24) is 9.78 Å². The maximum Gasteiger partial charge on any atom is 0.257 e. The van der Waals surface area contributed by atoms with E-state index >= 15 is 0 Å². The van der Waals surface area contributed by atoms with E-state index in [0.29, 0.717) is 16.1 Å². The smallest absolute Gasteiger partial charge is 0.257 e. The second-order valence-electron chi connectivity index (χ2n) is 4.16. The quantitative estimate of drug-likeness (QED) is 0.656. The van der Waals surface area contributed by atoms with Crippen molar-refractivity contribution < 1.29 is 9.52 Å². The van der Waals surface area contributed by atoms with Crippen LogP contribution < -0.4 is 10.0 Å². The van der Waals surface area contributed by atoms with E-state index in [-0.39, 0.29) is 11.9 Å². The van der Waals surface area contributed by atoms with Gasteiger partial charge in [-0.25, -0.2) is 4.68 Å². The predicted octanol–water partition coefficient (Wildman–Crippen LogP) is 1.35. The monoisotopic (exact) mass is 246 g/mol. The molecular weight excluding hydrogens is 232 g/mol. The summed E-state index contributed by atoms with van der Waals surface area (Å²) in [5.74, 6) is 0.367. The Morgan fingerprint density at radius 3 is 2.67 bits per heavy atom. The number of hydrogen-bond acceptors (Lipinski definition) is 3. The molecule has 0 fully saturated rings. The van der Waals surface area contributed by atoms with Crippen molar-refractivity contribution >= 4 is 11.7 Å². The van der Waals surface area contributed by atoms with Gasteiger partial charge in [-0.15, -0.1) is 0 Å². The number of amides is 1. The number of nitrogens with zero attached hydrogens (tertiary/aromatic N) is 3. The minimum atomic E-state index is -0.266. The molecule has 0 aliphatic heterocycles. The maximum absolute atomic E-state index is 11.9. The van der Waals surface area contributed by atoms with Gasteiger partial charge in [0.2, 0.25) is 0 Å². The normalized spacial score (nSPS) is 10.6. The average Bonchev–Trinajstić information content (AvgIpc) is 2.78. The highest BCUT2D eigenvalue weighted by molar-refractivity contribution is 6.03. The first-order valence-corrected chi connectivity index (χ1v) is 5.61. The van der Waals surface area contributed by atoms with Crippen LogP contribution in [0, 0.1) is 5.21 Å². The molecule has 0 radical (unpaired) electrons. The van der Waals surface area contributed by atoms with E-state index in [1.807, 2.05) is 13.8 Å². The molecule has 2 aromatic rings. The Balaban J connectivity index is 2.16. The summed E-state index contributed by atoms with van der Waals surface area (Å²) in [5, 5.41) is 17.8. The van der Waals surface area contributed by atoms with Crippen LogP contribution in [-0.2, 0) is 0 Å². The number of aromatic nitrogens is 3. The number of hydrogen-bond donors (Lipinski definition) is 1. The molecule has 1 N–H and O–H groups in total. The van der Waals surface area contributed by atoms with Gasteiger partial charge in [0.05, 0.1) is 11.8 Å². The van der Waals surface area contributed by atoms with Gasteiger partial charge in [0, 0.05) is 24.2 Å². The fourth-order valence-corrected chi connectivity index (χ4v) is 1.58. The molecule has 0 atom stereocenters.